The van der Waals surface area contributed by atoms with Crippen molar-refractivity contribution >= 4 is 11.3 Å². The van der Waals surface area contributed by atoms with Gasteiger partial charge < -0.3 is 0 Å². The fourth-order valence-corrected chi connectivity index (χ4v) is 3.07. The highest BCUT2D eigenvalue weighted by molar-refractivity contribution is 7.09. The van der Waals surface area contributed by atoms with Crippen molar-refractivity contribution in [3.05, 3.63) is 20.2 Å². The topological polar surface area (TPSA) is 22.0 Å². The van der Waals surface area contributed by atoms with Crippen molar-refractivity contribution in [1.82, 2.24) is 4.57 Å². The van der Waals surface area contributed by atoms with Gasteiger partial charge in [0.25, 0.3) is 0 Å². The van der Waals surface area contributed by atoms with Gasteiger partial charge in [0.15, 0.2) is 0 Å². The van der Waals surface area contributed by atoms with Crippen LogP contribution in [0.1, 0.15) is 56.1 Å². The van der Waals surface area contributed by atoms with E-state index in [9.17, 15) is 4.79 Å². The first-order chi connectivity index (χ1) is 6.65. The highest BCUT2D eigenvalue weighted by Crippen LogP contribution is 2.37. The summed E-state index contributed by atoms with van der Waals surface area (Å²) in [5.41, 5.74) is 1.29. The summed E-state index contributed by atoms with van der Waals surface area (Å²) in [5.74, 6) is 0.489. The molecule has 1 aliphatic rings. The summed E-state index contributed by atoms with van der Waals surface area (Å²) in [6, 6.07) is 0.529. The van der Waals surface area contributed by atoms with Gasteiger partial charge in [0.05, 0.1) is 0 Å². The minimum absolute atomic E-state index is 0.257. The van der Waals surface area contributed by atoms with Crippen LogP contribution >= 0.6 is 11.3 Å². The predicted molar refractivity (Wildman–Crippen MR) is 60.3 cm³/mol. The molecule has 78 valence electrons. The first kappa shape index (κ1) is 9.97. The lowest BCUT2D eigenvalue weighted by Crippen LogP contribution is -2.14. The lowest BCUT2D eigenvalue weighted by molar-refractivity contribution is 0.671. The zero-order valence-corrected chi connectivity index (χ0v) is 9.86. The molecular weight excluding hydrogens is 194 g/mol. The average molecular weight is 211 g/mol. The van der Waals surface area contributed by atoms with Crippen molar-refractivity contribution in [2.75, 3.05) is 0 Å². The third-order valence-corrected chi connectivity index (χ3v) is 4.04. The minimum atomic E-state index is 0.257. The summed E-state index contributed by atoms with van der Waals surface area (Å²) in [7, 11) is 0. The minimum Gasteiger partial charge on any atom is -0.300 e. The van der Waals surface area contributed by atoms with Gasteiger partial charge in [0, 0.05) is 16.6 Å². The van der Waals surface area contributed by atoms with Crippen LogP contribution in [-0.4, -0.2) is 4.57 Å². The van der Waals surface area contributed by atoms with Gasteiger partial charge >= 0.3 is 4.87 Å². The second-order valence-corrected chi connectivity index (χ2v) is 5.28. The van der Waals surface area contributed by atoms with E-state index in [1.807, 2.05) is 4.57 Å². The molecule has 0 N–H and O–H groups in total. The number of nitrogens with zero attached hydrogens (tertiary/aromatic N) is 1. The lowest BCUT2D eigenvalue weighted by atomic mass is 10.1. The fraction of sp³-hybridized carbons (Fsp3) is 0.727. The monoisotopic (exact) mass is 211 g/mol. The summed E-state index contributed by atoms with van der Waals surface area (Å²) >= 11 is 1.45. The highest BCUT2D eigenvalue weighted by atomic mass is 32.1. The van der Waals surface area contributed by atoms with Gasteiger partial charge in [-0.15, -0.1) is 0 Å². The Bertz CT molecular complexity index is 384. The van der Waals surface area contributed by atoms with Crippen molar-refractivity contribution in [2.24, 2.45) is 0 Å². The summed E-state index contributed by atoms with van der Waals surface area (Å²) in [4.78, 5) is 13.3. The molecule has 1 aromatic rings. The van der Waals surface area contributed by atoms with Crippen LogP contribution in [0.2, 0.25) is 0 Å². The van der Waals surface area contributed by atoms with Gasteiger partial charge in [-0.2, -0.15) is 0 Å². The van der Waals surface area contributed by atoms with Crippen molar-refractivity contribution in [3.8, 4) is 0 Å². The Kier molecular flexibility index (Phi) is 2.52. The number of aromatic nitrogens is 1. The fourth-order valence-electron chi connectivity index (χ4n) is 1.93. The first-order valence-electron chi connectivity index (χ1n) is 5.39. The van der Waals surface area contributed by atoms with Crippen LogP contribution < -0.4 is 4.87 Å². The molecule has 1 saturated carbocycles. The molecule has 2 nitrogen and oxygen atoms in total. The van der Waals surface area contributed by atoms with Crippen molar-refractivity contribution < 1.29 is 0 Å². The molecule has 0 spiro atoms. The molecule has 0 bridgehead atoms. The second kappa shape index (κ2) is 3.54. The van der Waals surface area contributed by atoms with E-state index in [1.54, 1.807) is 0 Å². The maximum atomic E-state index is 11.8. The molecule has 1 fully saturated rings. The Morgan fingerprint density at radius 1 is 1.50 bits per heavy atom. The summed E-state index contributed by atoms with van der Waals surface area (Å²) < 4.78 is 2.04. The van der Waals surface area contributed by atoms with Crippen LogP contribution in [0.3, 0.4) is 0 Å². The van der Waals surface area contributed by atoms with Crippen LogP contribution in [0.5, 0.6) is 0 Å². The molecule has 0 radical (unpaired) electrons. The standard InChI is InChI=1S/C11H17NOS/c1-4-9-10(7(2)3)14-11(13)12(9)8-5-6-8/h7-8H,4-6H2,1-3H3. The predicted octanol–water partition coefficient (Wildman–Crippen LogP) is 2.93. The molecule has 3 heteroatoms. The van der Waals surface area contributed by atoms with Crippen LogP contribution in [0.4, 0.5) is 0 Å². The van der Waals surface area contributed by atoms with Crippen LogP contribution in [0.15, 0.2) is 4.79 Å². The van der Waals surface area contributed by atoms with Gasteiger partial charge in [0.1, 0.15) is 0 Å². The van der Waals surface area contributed by atoms with Gasteiger partial charge in [-0.05, 0) is 25.2 Å². The molecular formula is C11H17NOS. The van der Waals surface area contributed by atoms with E-state index in [1.165, 1.54) is 34.7 Å². The van der Waals surface area contributed by atoms with Crippen molar-refractivity contribution in [2.45, 2.75) is 52.0 Å². The van der Waals surface area contributed by atoms with Gasteiger partial charge in [-0.3, -0.25) is 9.36 Å². The Labute approximate surface area is 88.6 Å². The molecule has 1 heterocycles. The Hall–Kier alpha value is -0.570. The van der Waals surface area contributed by atoms with E-state index in [2.05, 4.69) is 20.8 Å². The summed E-state index contributed by atoms with van der Waals surface area (Å²) in [5, 5.41) is 0. The third kappa shape index (κ3) is 1.54. The van der Waals surface area contributed by atoms with Crippen LogP contribution in [0.25, 0.3) is 0 Å². The molecule has 0 unspecified atom stereocenters. The number of hydrogen-bond acceptors (Lipinski definition) is 2. The lowest BCUT2D eigenvalue weighted by Gasteiger charge is -2.08. The van der Waals surface area contributed by atoms with Gasteiger partial charge in [0.2, 0.25) is 0 Å². The van der Waals surface area contributed by atoms with E-state index < -0.39 is 0 Å². The molecule has 0 aromatic carbocycles. The van der Waals surface area contributed by atoms with E-state index in [0.29, 0.717) is 12.0 Å². The number of rotatable bonds is 3. The summed E-state index contributed by atoms with van der Waals surface area (Å²) in [6.07, 6.45) is 3.38. The number of thiazole rings is 1. The average Bonchev–Trinajstić information content (AvgIpc) is 2.89. The molecule has 0 aliphatic heterocycles. The van der Waals surface area contributed by atoms with Crippen molar-refractivity contribution in [3.63, 3.8) is 0 Å². The van der Waals surface area contributed by atoms with E-state index in [4.69, 9.17) is 0 Å². The molecule has 0 saturated heterocycles. The zero-order valence-electron chi connectivity index (χ0n) is 9.04. The highest BCUT2D eigenvalue weighted by Gasteiger charge is 2.29. The molecule has 0 atom stereocenters. The maximum absolute atomic E-state index is 11.8. The molecule has 0 amide bonds. The van der Waals surface area contributed by atoms with Crippen LogP contribution in [0, 0.1) is 0 Å². The Balaban J connectivity index is 2.52. The van der Waals surface area contributed by atoms with Crippen molar-refractivity contribution in [1.29, 1.82) is 0 Å². The third-order valence-electron chi connectivity index (χ3n) is 2.74. The number of hydrogen-bond donors (Lipinski definition) is 0. The van der Waals surface area contributed by atoms with Crippen LogP contribution in [-0.2, 0) is 6.42 Å². The second-order valence-electron chi connectivity index (χ2n) is 4.29. The SMILES string of the molecule is CCc1c(C(C)C)sc(=O)n1C1CC1. The smallest absolute Gasteiger partial charge is 0.300 e. The zero-order chi connectivity index (χ0) is 10.3. The normalized spacial score (nSPS) is 16.6. The van der Waals surface area contributed by atoms with E-state index in [-0.39, 0.29) is 4.87 Å². The summed E-state index contributed by atoms with van der Waals surface area (Å²) in [6.45, 7) is 6.48. The molecule has 1 aliphatic carbocycles. The maximum Gasteiger partial charge on any atom is 0.307 e. The molecule has 1 aromatic heterocycles. The van der Waals surface area contributed by atoms with E-state index >= 15 is 0 Å². The molecule has 14 heavy (non-hydrogen) atoms. The van der Waals surface area contributed by atoms with Gasteiger partial charge in [-0.25, -0.2) is 0 Å². The first-order valence-corrected chi connectivity index (χ1v) is 6.20. The largest absolute Gasteiger partial charge is 0.307 e. The Morgan fingerprint density at radius 2 is 2.14 bits per heavy atom. The Morgan fingerprint density at radius 3 is 2.57 bits per heavy atom. The van der Waals surface area contributed by atoms with Gasteiger partial charge in [-0.1, -0.05) is 32.1 Å². The van der Waals surface area contributed by atoms with E-state index in [0.717, 1.165) is 6.42 Å². The molecule has 2 rings (SSSR count). The quantitative estimate of drug-likeness (QED) is 0.753.